The van der Waals surface area contributed by atoms with Crippen molar-refractivity contribution in [2.45, 2.75) is 6.92 Å². The summed E-state index contributed by atoms with van der Waals surface area (Å²) in [6, 6.07) is 19.6. The summed E-state index contributed by atoms with van der Waals surface area (Å²) in [6.07, 6.45) is 1.66. The minimum Gasteiger partial charge on any atom is -0.422 e. The highest BCUT2D eigenvalue weighted by molar-refractivity contribution is 6.36. The van der Waals surface area contributed by atoms with Crippen LogP contribution in [-0.4, -0.2) is 12.2 Å². The molecule has 3 nitrogen and oxygen atoms in total. The molecule has 0 fully saturated rings. The second kappa shape index (κ2) is 8.17. The number of ether oxygens (including phenoxy) is 1. The summed E-state index contributed by atoms with van der Waals surface area (Å²) in [6.45, 7) is 2.02. The molecule has 3 rings (SSSR count). The average molecular weight is 384 g/mol. The maximum atomic E-state index is 12.4. The first-order valence-electron chi connectivity index (χ1n) is 7.90. The first-order valence-corrected chi connectivity index (χ1v) is 8.65. The van der Waals surface area contributed by atoms with E-state index in [0.717, 1.165) is 11.3 Å². The van der Waals surface area contributed by atoms with Crippen molar-refractivity contribution >= 4 is 41.1 Å². The SMILES string of the molecule is Cc1ccc(N=Cc2ccccc2OC(=O)c2ccc(Cl)cc2Cl)cc1. The Hall–Kier alpha value is -2.62. The number of para-hydroxylation sites is 1. The zero-order valence-corrected chi connectivity index (χ0v) is 15.5. The van der Waals surface area contributed by atoms with Crippen molar-refractivity contribution in [2.75, 3.05) is 0 Å². The van der Waals surface area contributed by atoms with Crippen LogP contribution in [0.2, 0.25) is 10.0 Å². The molecule has 0 aliphatic carbocycles. The molecular weight excluding hydrogens is 369 g/mol. The van der Waals surface area contributed by atoms with Crippen LogP contribution in [0, 0.1) is 6.92 Å². The van der Waals surface area contributed by atoms with Crippen LogP contribution in [0.4, 0.5) is 5.69 Å². The van der Waals surface area contributed by atoms with Gasteiger partial charge in [-0.05, 0) is 49.4 Å². The van der Waals surface area contributed by atoms with Gasteiger partial charge < -0.3 is 4.74 Å². The lowest BCUT2D eigenvalue weighted by molar-refractivity contribution is 0.0734. The third-order valence-electron chi connectivity index (χ3n) is 3.66. The molecule has 0 atom stereocenters. The van der Waals surface area contributed by atoms with Gasteiger partial charge in [0.2, 0.25) is 0 Å². The fourth-order valence-corrected chi connectivity index (χ4v) is 2.75. The molecule has 0 saturated carbocycles. The van der Waals surface area contributed by atoms with Gasteiger partial charge in [-0.3, -0.25) is 4.99 Å². The number of esters is 1. The number of benzene rings is 3. The van der Waals surface area contributed by atoms with E-state index in [-0.39, 0.29) is 10.6 Å². The lowest BCUT2D eigenvalue weighted by Crippen LogP contribution is -2.10. The van der Waals surface area contributed by atoms with Crippen LogP contribution in [-0.2, 0) is 0 Å². The summed E-state index contributed by atoms with van der Waals surface area (Å²) >= 11 is 11.9. The van der Waals surface area contributed by atoms with Gasteiger partial charge in [0.05, 0.1) is 16.3 Å². The van der Waals surface area contributed by atoms with E-state index < -0.39 is 5.97 Å². The van der Waals surface area contributed by atoms with Crippen LogP contribution in [0.15, 0.2) is 71.7 Å². The molecule has 0 aliphatic heterocycles. The van der Waals surface area contributed by atoms with Gasteiger partial charge in [-0.1, -0.05) is 53.0 Å². The van der Waals surface area contributed by atoms with E-state index in [1.165, 1.54) is 12.1 Å². The largest absolute Gasteiger partial charge is 0.422 e. The molecule has 3 aromatic carbocycles. The quantitative estimate of drug-likeness (QED) is 0.302. The molecule has 0 heterocycles. The van der Waals surface area contributed by atoms with Crippen molar-refractivity contribution in [3.8, 4) is 5.75 Å². The van der Waals surface area contributed by atoms with Crippen LogP contribution in [0.25, 0.3) is 0 Å². The van der Waals surface area contributed by atoms with E-state index in [9.17, 15) is 4.79 Å². The van der Waals surface area contributed by atoms with Crippen molar-refractivity contribution in [2.24, 2.45) is 4.99 Å². The van der Waals surface area contributed by atoms with Crippen molar-refractivity contribution in [3.05, 3.63) is 93.5 Å². The Bertz CT molecular complexity index is 966. The van der Waals surface area contributed by atoms with Crippen LogP contribution >= 0.6 is 23.2 Å². The summed E-state index contributed by atoms with van der Waals surface area (Å²) in [5.41, 5.74) is 2.92. The molecule has 0 saturated heterocycles. The molecule has 3 aromatic rings. The lowest BCUT2D eigenvalue weighted by Gasteiger charge is -2.08. The molecule has 0 amide bonds. The molecule has 0 unspecified atom stereocenters. The van der Waals surface area contributed by atoms with E-state index in [4.69, 9.17) is 27.9 Å². The summed E-state index contributed by atoms with van der Waals surface area (Å²) in [7, 11) is 0. The monoisotopic (exact) mass is 383 g/mol. The summed E-state index contributed by atoms with van der Waals surface area (Å²) < 4.78 is 5.50. The Kier molecular flexibility index (Phi) is 5.71. The summed E-state index contributed by atoms with van der Waals surface area (Å²) in [4.78, 5) is 16.8. The molecule has 5 heteroatoms. The zero-order valence-electron chi connectivity index (χ0n) is 13.9. The van der Waals surface area contributed by atoms with Gasteiger partial charge >= 0.3 is 5.97 Å². The van der Waals surface area contributed by atoms with Gasteiger partial charge in [0, 0.05) is 16.8 Å². The van der Waals surface area contributed by atoms with E-state index in [1.54, 1.807) is 24.4 Å². The standard InChI is InChI=1S/C21H15Cl2NO2/c1-14-6-9-17(10-7-14)24-13-15-4-2-3-5-20(15)26-21(25)18-11-8-16(22)12-19(18)23/h2-13H,1H3. The second-order valence-electron chi connectivity index (χ2n) is 5.65. The van der Waals surface area contributed by atoms with Crippen molar-refractivity contribution in [3.63, 3.8) is 0 Å². The minimum atomic E-state index is -0.553. The number of halogens is 2. The topological polar surface area (TPSA) is 38.7 Å². The van der Waals surface area contributed by atoms with Gasteiger partial charge in [0.15, 0.2) is 0 Å². The molecule has 0 bridgehead atoms. The lowest BCUT2D eigenvalue weighted by atomic mass is 10.2. The Balaban J connectivity index is 1.82. The fraction of sp³-hybridized carbons (Fsp3) is 0.0476. The fourth-order valence-electron chi connectivity index (χ4n) is 2.26. The molecule has 0 aliphatic rings. The highest BCUT2D eigenvalue weighted by Gasteiger charge is 2.14. The second-order valence-corrected chi connectivity index (χ2v) is 6.49. The van der Waals surface area contributed by atoms with Crippen molar-refractivity contribution in [1.82, 2.24) is 0 Å². The highest BCUT2D eigenvalue weighted by atomic mass is 35.5. The van der Waals surface area contributed by atoms with E-state index in [0.29, 0.717) is 16.3 Å². The zero-order chi connectivity index (χ0) is 18.5. The van der Waals surface area contributed by atoms with Gasteiger partial charge in [0.1, 0.15) is 5.75 Å². The van der Waals surface area contributed by atoms with Crippen LogP contribution in [0.1, 0.15) is 21.5 Å². The van der Waals surface area contributed by atoms with E-state index >= 15 is 0 Å². The van der Waals surface area contributed by atoms with Gasteiger partial charge in [-0.25, -0.2) is 4.79 Å². The molecule has 130 valence electrons. The van der Waals surface area contributed by atoms with Crippen LogP contribution < -0.4 is 4.74 Å². The van der Waals surface area contributed by atoms with Crippen molar-refractivity contribution < 1.29 is 9.53 Å². The van der Waals surface area contributed by atoms with E-state index in [2.05, 4.69) is 4.99 Å². The smallest absolute Gasteiger partial charge is 0.345 e. The normalized spacial score (nSPS) is 10.9. The number of carbonyl (C=O) groups excluding carboxylic acids is 1. The molecule has 0 radical (unpaired) electrons. The number of aryl methyl sites for hydroxylation is 1. The van der Waals surface area contributed by atoms with E-state index in [1.807, 2.05) is 43.3 Å². The third-order valence-corrected chi connectivity index (χ3v) is 4.21. The number of nitrogens with zero attached hydrogens (tertiary/aromatic N) is 1. The number of carbonyl (C=O) groups is 1. The number of aliphatic imine (C=N–C) groups is 1. The molecule has 0 N–H and O–H groups in total. The molecule has 0 aromatic heterocycles. The summed E-state index contributed by atoms with van der Waals surface area (Å²) in [5.74, 6) is -0.151. The first-order chi connectivity index (χ1) is 12.5. The highest BCUT2D eigenvalue weighted by Crippen LogP contribution is 2.24. The average Bonchev–Trinajstić information content (AvgIpc) is 2.62. The maximum Gasteiger partial charge on any atom is 0.345 e. The Morgan fingerprint density at radius 3 is 2.46 bits per heavy atom. The van der Waals surface area contributed by atoms with Gasteiger partial charge in [0.25, 0.3) is 0 Å². The Morgan fingerprint density at radius 2 is 1.73 bits per heavy atom. The maximum absolute atomic E-state index is 12.4. The van der Waals surface area contributed by atoms with Crippen molar-refractivity contribution in [1.29, 1.82) is 0 Å². The Labute approximate surface area is 161 Å². The minimum absolute atomic E-state index is 0.244. The predicted molar refractivity (Wildman–Crippen MR) is 106 cm³/mol. The predicted octanol–water partition coefficient (Wildman–Crippen LogP) is 6.27. The number of hydrogen-bond donors (Lipinski definition) is 0. The first kappa shape index (κ1) is 18.2. The molecular formula is C21H15Cl2NO2. The summed E-state index contributed by atoms with van der Waals surface area (Å²) in [5, 5.41) is 0.700. The van der Waals surface area contributed by atoms with Gasteiger partial charge in [-0.15, -0.1) is 0 Å². The molecule has 26 heavy (non-hydrogen) atoms. The molecule has 0 spiro atoms. The number of rotatable bonds is 4. The Morgan fingerprint density at radius 1 is 1.00 bits per heavy atom. The third kappa shape index (κ3) is 4.51. The van der Waals surface area contributed by atoms with Gasteiger partial charge in [-0.2, -0.15) is 0 Å². The van der Waals surface area contributed by atoms with Crippen LogP contribution in [0.5, 0.6) is 5.75 Å². The van der Waals surface area contributed by atoms with Crippen LogP contribution in [0.3, 0.4) is 0 Å². The number of hydrogen-bond acceptors (Lipinski definition) is 3.